The van der Waals surface area contributed by atoms with E-state index in [4.69, 9.17) is 24.7 Å². The molecule has 1 aliphatic heterocycles. The minimum Gasteiger partial charge on any atom is -0.497 e. The van der Waals surface area contributed by atoms with Crippen LogP contribution in [0.4, 0.5) is 11.6 Å². The predicted octanol–water partition coefficient (Wildman–Crippen LogP) is 3.72. The number of morpholine rings is 1. The molecular weight excluding hydrogens is 504 g/mol. The summed E-state index contributed by atoms with van der Waals surface area (Å²) >= 11 is 1.24. The summed E-state index contributed by atoms with van der Waals surface area (Å²) in [4.78, 5) is 20.8. The second-order valence-electron chi connectivity index (χ2n) is 8.68. The zero-order valence-corrected chi connectivity index (χ0v) is 21.4. The zero-order valence-electron chi connectivity index (χ0n) is 20.6. The number of rotatable bonds is 6. The SMILES string of the molecule is COc1ccc(-c2cc(-c3ccccc3)c3c(N)c(C(=O)Nc4c[n+](N5CCOCC5)no4)sc3n2)cc1. The molecule has 0 bridgehead atoms. The average Bonchev–Trinajstić information content (AvgIpc) is 3.58. The van der Waals surface area contributed by atoms with Crippen LogP contribution in [-0.2, 0) is 4.74 Å². The molecule has 192 valence electrons. The maximum atomic E-state index is 13.3. The molecule has 0 saturated carbocycles. The lowest BCUT2D eigenvalue weighted by atomic mass is 9.99. The summed E-state index contributed by atoms with van der Waals surface area (Å²) in [5, 5.41) is 9.50. The van der Waals surface area contributed by atoms with Crippen LogP contribution in [0.5, 0.6) is 5.75 Å². The number of nitrogens with one attached hydrogen (secondary N) is 1. The van der Waals surface area contributed by atoms with Gasteiger partial charge in [-0.25, -0.2) is 4.98 Å². The van der Waals surface area contributed by atoms with Crippen LogP contribution in [-0.4, -0.2) is 49.6 Å². The first-order valence-electron chi connectivity index (χ1n) is 12.1. The van der Waals surface area contributed by atoms with Gasteiger partial charge in [0.05, 0.1) is 49.6 Å². The zero-order chi connectivity index (χ0) is 26.1. The number of nitrogens with two attached hydrogens (primary N) is 1. The summed E-state index contributed by atoms with van der Waals surface area (Å²) in [7, 11) is 1.63. The van der Waals surface area contributed by atoms with E-state index >= 15 is 0 Å². The lowest BCUT2D eigenvalue weighted by Gasteiger charge is -2.18. The summed E-state index contributed by atoms with van der Waals surface area (Å²) in [6.07, 6.45) is 1.63. The standard InChI is InChI=1S/C27H24N6O4S/c1-35-19-9-7-18(8-10-19)21-15-20(17-5-3-2-4-6-17)23-24(28)25(38-27(23)29-21)26(34)30-22-16-33(31-37-22)32-11-13-36-14-12-32/h2-10,15-16H,11-14H2,1H3,(H2-,28,30,31,34)/p+1. The number of pyridine rings is 1. The predicted molar refractivity (Wildman–Crippen MR) is 145 cm³/mol. The van der Waals surface area contributed by atoms with E-state index in [9.17, 15) is 4.79 Å². The van der Waals surface area contributed by atoms with E-state index < -0.39 is 0 Å². The molecular formula is C27H25N6O4S+. The Labute approximate surface area is 222 Å². The third kappa shape index (κ3) is 4.53. The highest BCUT2D eigenvalue weighted by atomic mass is 32.1. The molecule has 0 unspecified atom stereocenters. The normalized spacial score (nSPS) is 13.6. The molecule has 3 aromatic heterocycles. The number of nitrogen functional groups attached to an aromatic ring is 1. The molecule has 3 N–H and O–H groups in total. The second-order valence-corrected chi connectivity index (χ2v) is 9.68. The van der Waals surface area contributed by atoms with Crippen LogP contribution < -0.4 is 25.6 Å². The smallest absolute Gasteiger partial charge is 0.306 e. The monoisotopic (exact) mass is 529 g/mol. The Kier molecular flexibility index (Phi) is 6.36. The van der Waals surface area contributed by atoms with Gasteiger partial charge in [-0.15, -0.1) is 16.3 Å². The number of hydrogen-bond donors (Lipinski definition) is 2. The number of fused-ring (bicyclic) bond motifs is 1. The number of amides is 1. The van der Waals surface area contributed by atoms with Gasteiger partial charge in [0.25, 0.3) is 12.1 Å². The number of anilines is 2. The van der Waals surface area contributed by atoms with Gasteiger partial charge in [-0.05, 0) is 41.5 Å². The van der Waals surface area contributed by atoms with E-state index in [-0.39, 0.29) is 11.8 Å². The van der Waals surface area contributed by atoms with Crippen molar-refractivity contribution in [3.8, 4) is 28.1 Å². The van der Waals surface area contributed by atoms with Crippen molar-refractivity contribution in [3.63, 3.8) is 0 Å². The van der Waals surface area contributed by atoms with Gasteiger partial charge in [-0.1, -0.05) is 30.3 Å². The van der Waals surface area contributed by atoms with Crippen LogP contribution in [0.2, 0.25) is 0 Å². The maximum absolute atomic E-state index is 13.3. The highest BCUT2D eigenvalue weighted by Gasteiger charge is 2.26. The van der Waals surface area contributed by atoms with Crippen molar-refractivity contribution in [1.29, 1.82) is 0 Å². The molecule has 1 amide bonds. The van der Waals surface area contributed by atoms with Gasteiger partial charge in [-0.3, -0.25) is 14.6 Å². The van der Waals surface area contributed by atoms with E-state index in [1.165, 1.54) is 11.3 Å². The third-order valence-electron chi connectivity index (χ3n) is 6.35. The maximum Gasteiger partial charge on any atom is 0.306 e. The lowest BCUT2D eigenvalue weighted by Crippen LogP contribution is -2.62. The minimum absolute atomic E-state index is 0.216. The van der Waals surface area contributed by atoms with Crippen molar-refractivity contribution >= 4 is 39.0 Å². The molecule has 0 spiro atoms. The van der Waals surface area contributed by atoms with Crippen LogP contribution in [0.1, 0.15) is 9.67 Å². The Morgan fingerprint density at radius 2 is 1.87 bits per heavy atom. The third-order valence-corrected chi connectivity index (χ3v) is 7.44. The molecule has 0 radical (unpaired) electrons. The summed E-state index contributed by atoms with van der Waals surface area (Å²) in [6, 6.07) is 19.6. The molecule has 0 aliphatic carbocycles. The number of hydrogen-bond acceptors (Lipinski definition) is 9. The van der Waals surface area contributed by atoms with Gasteiger partial charge in [0.2, 0.25) is 5.27 Å². The van der Waals surface area contributed by atoms with Crippen molar-refractivity contribution < 1.29 is 23.6 Å². The fourth-order valence-electron chi connectivity index (χ4n) is 4.40. The number of benzene rings is 2. The van der Waals surface area contributed by atoms with Gasteiger partial charge >= 0.3 is 5.88 Å². The number of carbonyl (C=O) groups is 1. The lowest BCUT2D eigenvalue weighted by molar-refractivity contribution is -0.759. The number of ether oxygens (including phenoxy) is 2. The second kappa shape index (κ2) is 10.1. The van der Waals surface area contributed by atoms with E-state index in [1.807, 2.05) is 65.7 Å². The van der Waals surface area contributed by atoms with E-state index in [0.717, 1.165) is 33.5 Å². The molecule has 1 saturated heterocycles. The number of aromatic nitrogens is 3. The van der Waals surface area contributed by atoms with Crippen LogP contribution >= 0.6 is 11.3 Å². The van der Waals surface area contributed by atoms with Gasteiger partial charge < -0.3 is 15.2 Å². The average molecular weight is 530 g/mol. The van der Waals surface area contributed by atoms with E-state index in [0.29, 0.717) is 41.7 Å². The van der Waals surface area contributed by atoms with Crippen LogP contribution in [0.15, 0.2) is 71.4 Å². The van der Waals surface area contributed by atoms with Crippen molar-refractivity contribution in [2.24, 2.45) is 0 Å². The number of carbonyl (C=O) groups excluding carboxylic acids is 1. The molecule has 11 heteroatoms. The summed E-state index contributed by atoms with van der Waals surface area (Å²) in [6.45, 7) is 2.57. The van der Waals surface area contributed by atoms with Gasteiger partial charge in [0.15, 0.2) is 0 Å². The molecule has 10 nitrogen and oxygen atoms in total. The van der Waals surface area contributed by atoms with Gasteiger partial charge in [0.1, 0.15) is 15.5 Å². The van der Waals surface area contributed by atoms with Crippen molar-refractivity contribution in [2.45, 2.75) is 0 Å². The minimum atomic E-state index is -0.388. The van der Waals surface area contributed by atoms with Crippen molar-refractivity contribution in [1.82, 2.24) is 10.3 Å². The quantitative estimate of drug-likeness (QED) is 0.320. The van der Waals surface area contributed by atoms with Crippen LogP contribution in [0, 0.1) is 0 Å². The first kappa shape index (κ1) is 23.9. The molecule has 2 aromatic carbocycles. The largest absolute Gasteiger partial charge is 0.497 e. The van der Waals surface area contributed by atoms with Crippen LogP contribution in [0.3, 0.4) is 0 Å². The summed E-state index contributed by atoms with van der Waals surface area (Å²) < 4.78 is 16.0. The fourth-order valence-corrected chi connectivity index (χ4v) is 5.41. The molecule has 4 heterocycles. The first-order chi connectivity index (χ1) is 18.6. The molecule has 38 heavy (non-hydrogen) atoms. The van der Waals surface area contributed by atoms with Crippen LogP contribution in [0.25, 0.3) is 32.6 Å². The fraction of sp³-hybridized carbons (Fsp3) is 0.185. The number of thiophene rings is 1. The Morgan fingerprint density at radius 3 is 2.61 bits per heavy atom. The number of methoxy groups -OCH3 is 1. The summed E-state index contributed by atoms with van der Waals surface area (Å²) in [5.41, 5.74) is 10.6. The molecule has 6 rings (SSSR count). The highest BCUT2D eigenvalue weighted by molar-refractivity contribution is 7.21. The van der Waals surface area contributed by atoms with Gasteiger partial charge in [-0.2, -0.15) is 0 Å². The Morgan fingerprint density at radius 1 is 1.11 bits per heavy atom. The van der Waals surface area contributed by atoms with E-state index in [2.05, 4.69) is 10.6 Å². The Hall–Kier alpha value is -4.48. The van der Waals surface area contributed by atoms with Crippen molar-refractivity contribution in [3.05, 3.63) is 71.7 Å². The Bertz CT molecular complexity index is 1590. The Balaban J connectivity index is 1.38. The molecule has 5 aromatic rings. The molecule has 0 atom stereocenters. The topological polar surface area (TPSA) is 120 Å². The molecule has 1 fully saturated rings. The number of nitrogens with zero attached hydrogens (tertiary/aromatic N) is 4. The van der Waals surface area contributed by atoms with Crippen molar-refractivity contribution in [2.75, 3.05) is 49.5 Å². The summed E-state index contributed by atoms with van der Waals surface area (Å²) in [5.74, 6) is 0.592. The van der Waals surface area contributed by atoms with E-state index in [1.54, 1.807) is 18.1 Å². The van der Waals surface area contributed by atoms with Gasteiger partial charge in [0, 0.05) is 10.9 Å². The first-order valence-corrected chi connectivity index (χ1v) is 12.9. The highest BCUT2D eigenvalue weighted by Crippen LogP contribution is 2.41. The molecule has 1 aliphatic rings.